The van der Waals surface area contributed by atoms with Gasteiger partial charge in [-0.05, 0) is 51.3 Å². The third kappa shape index (κ3) is 5.35. The molecule has 0 spiro atoms. The van der Waals surface area contributed by atoms with Gasteiger partial charge in [-0.15, -0.1) is 4.47 Å². The van der Waals surface area contributed by atoms with E-state index in [0.717, 1.165) is 15.6 Å². The Bertz CT molecular complexity index is 1240. The molecule has 0 radical (unpaired) electrons. The Morgan fingerprint density at radius 3 is 2.33 bits per heavy atom. The molecule has 0 saturated carbocycles. The first-order chi connectivity index (χ1) is 15.7. The van der Waals surface area contributed by atoms with Crippen LogP contribution >= 0.6 is 0 Å². The zero-order chi connectivity index (χ0) is 24.2. The highest BCUT2D eigenvalue weighted by molar-refractivity contribution is 7.92. The van der Waals surface area contributed by atoms with Gasteiger partial charge in [-0.1, -0.05) is 59.3 Å². The van der Waals surface area contributed by atoms with Crippen LogP contribution in [0.5, 0.6) is 0 Å². The summed E-state index contributed by atoms with van der Waals surface area (Å²) in [7, 11) is -2.65. The quantitative estimate of drug-likeness (QED) is 0.305. The molecule has 0 N–H and O–H groups in total. The molecule has 0 unspecified atom stereocenters. The van der Waals surface area contributed by atoms with Crippen molar-refractivity contribution in [2.75, 3.05) is 24.8 Å². The molecule has 0 aliphatic rings. The Morgan fingerprint density at radius 1 is 1.06 bits per heavy atom. The average molecular weight is 471 g/mol. The molecular formula is C25H30N2O5S. The summed E-state index contributed by atoms with van der Waals surface area (Å²) < 4.78 is 39.2. The molecule has 1 aromatic heterocycles. The number of aromatic nitrogens is 1. The van der Waals surface area contributed by atoms with Crippen molar-refractivity contribution in [3.63, 3.8) is 0 Å². The number of benzene rings is 2. The van der Waals surface area contributed by atoms with Crippen molar-refractivity contribution in [3.05, 3.63) is 70.4 Å². The molecule has 0 amide bonds. The van der Waals surface area contributed by atoms with Crippen LogP contribution in [-0.4, -0.2) is 33.9 Å². The van der Waals surface area contributed by atoms with E-state index >= 15 is 0 Å². The topological polar surface area (TPSA) is 81.9 Å². The first kappa shape index (κ1) is 24.7. The predicted octanol–water partition coefficient (Wildman–Crippen LogP) is 5.46. The average Bonchev–Trinajstić information content (AvgIpc) is 3.09. The zero-order valence-electron chi connectivity index (χ0n) is 19.9. The number of ether oxygens (including phenoxy) is 1. The summed E-state index contributed by atoms with van der Waals surface area (Å²) in [4.78, 5) is 5.81. The number of nitrogens with zero attached hydrogens (tertiary/aromatic N) is 2. The maximum atomic E-state index is 14.0. The van der Waals surface area contributed by atoms with Crippen molar-refractivity contribution in [2.45, 2.75) is 39.5 Å². The second kappa shape index (κ2) is 10.3. The number of allylic oxidation sites excluding steroid dienone is 1. The fourth-order valence-electron chi connectivity index (χ4n) is 3.41. The minimum atomic E-state index is -4.17. The van der Waals surface area contributed by atoms with Crippen molar-refractivity contribution in [1.29, 1.82) is 0 Å². The van der Waals surface area contributed by atoms with E-state index in [-0.39, 0.29) is 24.0 Å². The van der Waals surface area contributed by atoms with Crippen LogP contribution in [0.2, 0.25) is 0 Å². The summed E-state index contributed by atoms with van der Waals surface area (Å²) in [5, 5.41) is 3.91. The molecule has 0 saturated heterocycles. The monoisotopic (exact) mass is 470 g/mol. The Hall–Kier alpha value is -2.94. The molecule has 0 atom stereocenters. The van der Waals surface area contributed by atoms with E-state index in [1.165, 1.54) is 12.7 Å². The second-order valence-electron chi connectivity index (χ2n) is 8.05. The first-order valence-corrected chi connectivity index (χ1v) is 12.1. The number of anilines is 1. The van der Waals surface area contributed by atoms with E-state index in [9.17, 15) is 8.42 Å². The molecule has 7 nitrogen and oxygen atoms in total. The number of methoxy groups -OCH3 is 1. The van der Waals surface area contributed by atoms with Crippen LogP contribution in [0, 0.1) is 20.8 Å². The lowest BCUT2D eigenvalue weighted by molar-refractivity contribution is 0.0727. The van der Waals surface area contributed by atoms with Crippen LogP contribution in [-0.2, 0) is 19.6 Å². The van der Waals surface area contributed by atoms with Gasteiger partial charge in [0.1, 0.15) is 4.90 Å². The van der Waals surface area contributed by atoms with Gasteiger partial charge in [0, 0.05) is 18.2 Å². The SMILES string of the molecule is COCCON(c1onc(C)c1C)S(=O)(=O)c1c(C)cccc1-c1ccc(C=C(C)C)cc1. The highest BCUT2D eigenvalue weighted by Gasteiger charge is 2.34. The smallest absolute Gasteiger partial charge is 0.290 e. The van der Waals surface area contributed by atoms with Crippen LogP contribution in [0.15, 0.2) is 57.5 Å². The summed E-state index contributed by atoms with van der Waals surface area (Å²) in [6.07, 6.45) is 2.07. The van der Waals surface area contributed by atoms with E-state index in [1.54, 1.807) is 32.9 Å². The van der Waals surface area contributed by atoms with Crippen molar-refractivity contribution in [2.24, 2.45) is 0 Å². The van der Waals surface area contributed by atoms with E-state index in [1.807, 2.05) is 44.2 Å². The summed E-state index contributed by atoms with van der Waals surface area (Å²) in [6.45, 7) is 9.55. The van der Waals surface area contributed by atoms with Gasteiger partial charge in [-0.3, -0.25) is 4.84 Å². The molecule has 176 valence electrons. The van der Waals surface area contributed by atoms with Crippen molar-refractivity contribution < 1.29 is 22.5 Å². The maximum absolute atomic E-state index is 14.0. The minimum absolute atomic E-state index is 0.0214. The van der Waals surface area contributed by atoms with Crippen LogP contribution < -0.4 is 4.47 Å². The predicted molar refractivity (Wildman–Crippen MR) is 129 cm³/mol. The molecule has 0 bridgehead atoms. The lowest BCUT2D eigenvalue weighted by atomic mass is 10.0. The number of aryl methyl sites for hydroxylation is 2. The molecule has 0 aliphatic heterocycles. The number of hydrogen-bond donors (Lipinski definition) is 0. The molecule has 8 heteroatoms. The highest BCUT2D eigenvalue weighted by Crippen LogP contribution is 2.36. The van der Waals surface area contributed by atoms with Crippen LogP contribution in [0.25, 0.3) is 17.2 Å². The Morgan fingerprint density at radius 2 is 1.76 bits per heavy atom. The number of hydrogen-bond acceptors (Lipinski definition) is 6. The number of rotatable bonds is 9. The maximum Gasteiger partial charge on any atom is 0.290 e. The Balaban J connectivity index is 2.14. The third-order valence-corrected chi connectivity index (χ3v) is 6.93. The van der Waals surface area contributed by atoms with Crippen molar-refractivity contribution in [1.82, 2.24) is 5.16 Å². The van der Waals surface area contributed by atoms with Gasteiger partial charge >= 0.3 is 0 Å². The minimum Gasteiger partial charge on any atom is -0.382 e. The number of sulfonamides is 1. The second-order valence-corrected chi connectivity index (χ2v) is 9.74. The van der Waals surface area contributed by atoms with Crippen LogP contribution in [0.4, 0.5) is 5.88 Å². The normalized spacial score (nSPS) is 11.5. The fourth-order valence-corrected chi connectivity index (χ4v) is 5.12. The Kier molecular flexibility index (Phi) is 7.73. The van der Waals surface area contributed by atoms with Gasteiger partial charge in [0.05, 0.1) is 18.9 Å². The first-order valence-electron chi connectivity index (χ1n) is 10.6. The zero-order valence-corrected chi connectivity index (χ0v) is 20.7. The molecule has 1 heterocycles. The summed E-state index contributed by atoms with van der Waals surface area (Å²) in [5.74, 6) is 0.0247. The summed E-state index contributed by atoms with van der Waals surface area (Å²) >= 11 is 0. The molecule has 3 rings (SSSR count). The largest absolute Gasteiger partial charge is 0.382 e. The Labute approximate surface area is 195 Å². The van der Waals surface area contributed by atoms with Gasteiger partial charge in [0.15, 0.2) is 0 Å². The molecule has 2 aromatic carbocycles. The van der Waals surface area contributed by atoms with Gasteiger partial charge < -0.3 is 9.26 Å². The van der Waals surface area contributed by atoms with E-state index in [2.05, 4.69) is 11.2 Å². The molecule has 33 heavy (non-hydrogen) atoms. The standard InChI is InChI=1S/C25H30N2O5S/c1-17(2)16-21-10-12-22(13-11-21)23-9-7-8-18(3)24(23)33(28,29)27(31-15-14-30-6)25-19(4)20(5)26-32-25/h7-13,16H,14-15H2,1-6H3. The van der Waals surface area contributed by atoms with Gasteiger partial charge in [-0.2, -0.15) is 8.42 Å². The van der Waals surface area contributed by atoms with Crippen LogP contribution in [0.1, 0.15) is 36.2 Å². The van der Waals surface area contributed by atoms with Gasteiger partial charge in [0.2, 0.25) is 0 Å². The van der Waals surface area contributed by atoms with E-state index in [4.69, 9.17) is 14.1 Å². The molecule has 3 aromatic rings. The summed E-state index contributed by atoms with van der Waals surface area (Å²) in [5.41, 5.74) is 5.35. The molecule has 0 aliphatic carbocycles. The lowest BCUT2D eigenvalue weighted by Crippen LogP contribution is -2.33. The fraction of sp³-hybridized carbons (Fsp3) is 0.320. The molecule has 0 fully saturated rings. The molecular weight excluding hydrogens is 440 g/mol. The third-order valence-electron chi connectivity index (χ3n) is 5.16. The van der Waals surface area contributed by atoms with Gasteiger partial charge in [-0.25, -0.2) is 0 Å². The van der Waals surface area contributed by atoms with Crippen molar-refractivity contribution in [3.8, 4) is 11.1 Å². The highest BCUT2D eigenvalue weighted by atomic mass is 32.2. The van der Waals surface area contributed by atoms with Crippen LogP contribution in [0.3, 0.4) is 0 Å². The van der Waals surface area contributed by atoms with E-state index in [0.29, 0.717) is 22.4 Å². The van der Waals surface area contributed by atoms with Crippen molar-refractivity contribution >= 4 is 22.0 Å². The summed E-state index contributed by atoms with van der Waals surface area (Å²) in [6, 6.07) is 13.2. The van der Waals surface area contributed by atoms with Gasteiger partial charge in [0.25, 0.3) is 15.9 Å². The van der Waals surface area contributed by atoms with E-state index < -0.39 is 10.0 Å². The lowest BCUT2D eigenvalue weighted by Gasteiger charge is -2.23.